The van der Waals surface area contributed by atoms with E-state index in [-0.39, 0.29) is 11.1 Å². The summed E-state index contributed by atoms with van der Waals surface area (Å²) in [7, 11) is 0. The van der Waals surface area contributed by atoms with Crippen molar-refractivity contribution in [1.29, 1.82) is 0 Å². The molecule has 0 radical (unpaired) electrons. The average molecular weight is 246 g/mol. The first kappa shape index (κ1) is 12.2. The molecule has 18 heavy (non-hydrogen) atoms. The monoisotopic (exact) mass is 246 g/mol. The number of aromatic nitrogens is 1. The largest absolute Gasteiger partial charge is 0.478 e. The summed E-state index contributed by atoms with van der Waals surface area (Å²) < 4.78 is 1.30. The molecule has 0 saturated carbocycles. The van der Waals surface area contributed by atoms with E-state index in [1.54, 1.807) is 31.2 Å². The number of nitrogens with zero attached hydrogens (tertiary/aromatic N) is 1. The number of benzene rings is 1. The third-order valence-electron chi connectivity index (χ3n) is 2.86. The molecule has 0 saturated heterocycles. The molecule has 0 aliphatic carbocycles. The van der Waals surface area contributed by atoms with Crippen molar-refractivity contribution in [2.45, 2.75) is 13.8 Å². The predicted molar refractivity (Wildman–Crippen MR) is 69.8 cm³/mol. The molecular weight excluding hydrogens is 232 g/mol. The lowest BCUT2D eigenvalue weighted by Gasteiger charge is -2.15. The quantitative estimate of drug-likeness (QED) is 0.862. The summed E-state index contributed by atoms with van der Waals surface area (Å²) in [6, 6.07) is 6.74. The van der Waals surface area contributed by atoms with Crippen molar-refractivity contribution in [3.63, 3.8) is 0 Å². The summed E-state index contributed by atoms with van der Waals surface area (Å²) in [6.07, 6.45) is 0. The SMILES string of the molecule is CCNn1c(C)c(C(=O)O)c2ccccc2c1=O. The van der Waals surface area contributed by atoms with Gasteiger partial charge >= 0.3 is 5.97 Å². The topological polar surface area (TPSA) is 71.3 Å². The van der Waals surface area contributed by atoms with Gasteiger partial charge in [-0.3, -0.25) is 4.79 Å². The summed E-state index contributed by atoms with van der Waals surface area (Å²) in [6.45, 7) is 4.01. The molecular formula is C13H14N2O3. The van der Waals surface area contributed by atoms with Crippen molar-refractivity contribution < 1.29 is 9.90 Å². The maximum absolute atomic E-state index is 12.2. The zero-order valence-corrected chi connectivity index (χ0v) is 10.2. The summed E-state index contributed by atoms with van der Waals surface area (Å²) in [5, 5.41) is 10.2. The van der Waals surface area contributed by atoms with E-state index in [2.05, 4.69) is 5.43 Å². The van der Waals surface area contributed by atoms with Gasteiger partial charge < -0.3 is 10.5 Å². The Morgan fingerprint density at radius 2 is 1.94 bits per heavy atom. The highest BCUT2D eigenvalue weighted by Gasteiger charge is 2.17. The van der Waals surface area contributed by atoms with Gasteiger partial charge in [0.2, 0.25) is 0 Å². The van der Waals surface area contributed by atoms with E-state index in [0.717, 1.165) is 0 Å². The molecule has 0 fully saturated rings. The Hall–Kier alpha value is -2.30. The fourth-order valence-corrected chi connectivity index (χ4v) is 2.09. The first-order valence-electron chi connectivity index (χ1n) is 5.69. The maximum Gasteiger partial charge on any atom is 0.338 e. The zero-order valence-electron chi connectivity index (χ0n) is 10.2. The molecule has 0 aliphatic rings. The van der Waals surface area contributed by atoms with Crippen molar-refractivity contribution in [3.8, 4) is 0 Å². The van der Waals surface area contributed by atoms with Crippen molar-refractivity contribution in [3.05, 3.63) is 45.9 Å². The summed E-state index contributed by atoms with van der Waals surface area (Å²) in [4.78, 5) is 23.6. The first-order valence-corrected chi connectivity index (χ1v) is 5.69. The summed E-state index contributed by atoms with van der Waals surface area (Å²) >= 11 is 0. The molecule has 1 aromatic carbocycles. The highest BCUT2D eigenvalue weighted by atomic mass is 16.4. The molecule has 0 atom stereocenters. The number of rotatable bonds is 3. The lowest BCUT2D eigenvalue weighted by Crippen LogP contribution is -2.32. The van der Waals surface area contributed by atoms with E-state index in [4.69, 9.17) is 0 Å². The maximum atomic E-state index is 12.2. The predicted octanol–water partition coefficient (Wildman–Crippen LogP) is 1.57. The Morgan fingerprint density at radius 3 is 2.50 bits per heavy atom. The minimum Gasteiger partial charge on any atom is -0.478 e. The van der Waals surface area contributed by atoms with E-state index >= 15 is 0 Å². The van der Waals surface area contributed by atoms with Crippen LogP contribution in [0.25, 0.3) is 10.8 Å². The highest BCUT2D eigenvalue weighted by Crippen LogP contribution is 2.18. The Labute approximate surface area is 104 Å². The van der Waals surface area contributed by atoms with Crippen molar-refractivity contribution in [2.24, 2.45) is 0 Å². The lowest BCUT2D eigenvalue weighted by atomic mass is 10.0. The van der Waals surface area contributed by atoms with E-state index in [1.165, 1.54) is 4.68 Å². The van der Waals surface area contributed by atoms with Crippen LogP contribution in [0.15, 0.2) is 29.1 Å². The van der Waals surface area contributed by atoms with Crippen LogP contribution in [0, 0.1) is 6.92 Å². The van der Waals surface area contributed by atoms with Crippen LogP contribution in [-0.2, 0) is 0 Å². The first-order chi connectivity index (χ1) is 8.57. The molecule has 0 bridgehead atoms. The fraction of sp³-hybridized carbons (Fsp3) is 0.231. The molecule has 1 heterocycles. The van der Waals surface area contributed by atoms with Crippen LogP contribution in [0.3, 0.4) is 0 Å². The van der Waals surface area contributed by atoms with Crippen LogP contribution in [0.2, 0.25) is 0 Å². The molecule has 94 valence electrons. The van der Waals surface area contributed by atoms with Crippen LogP contribution in [0.5, 0.6) is 0 Å². The third kappa shape index (κ3) is 1.73. The number of carbonyl (C=O) groups is 1. The molecule has 2 aromatic rings. The van der Waals surface area contributed by atoms with E-state index in [1.807, 2.05) is 6.92 Å². The Balaban J connectivity index is 2.96. The van der Waals surface area contributed by atoms with Gasteiger partial charge in [-0.2, -0.15) is 0 Å². The van der Waals surface area contributed by atoms with Crippen LogP contribution in [-0.4, -0.2) is 22.3 Å². The summed E-state index contributed by atoms with van der Waals surface area (Å²) in [5.74, 6) is -1.03. The molecule has 2 rings (SSSR count). The molecule has 0 aliphatic heterocycles. The van der Waals surface area contributed by atoms with Crippen LogP contribution < -0.4 is 11.0 Å². The number of carboxylic acids is 1. The minimum absolute atomic E-state index is 0.158. The molecule has 5 nitrogen and oxygen atoms in total. The number of nitrogens with one attached hydrogen (secondary N) is 1. The molecule has 0 amide bonds. The standard InChI is InChI=1S/C13H14N2O3/c1-3-14-15-8(2)11(13(17)18)9-6-4-5-7-10(9)12(15)16/h4-7,14H,3H2,1-2H3,(H,17,18). The second-order valence-electron chi connectivity index (χ2n) is 3.96. The van der Waals surface area contributed by atoms with Gasteiger partial charge in [0.25, 0.3) is 5.56 Å². The van der Waals surface area contributed by atoms with Crippen LogP contribution in [0.4, 0.5) is 0 Å². The van der Waals surface area contributed by atoms with E-state index < -0.39 is 5.97 Å². The third-order valence-corrected chi connectivity index (χ3v) is 2.86. The molecule has 2 N–H and O–H groups in total. The van der Waals surface area contributed by atoms with Crippen molar-refractivity contribution >= 4 is 16.7 Å². The Morgan fingerprint density at radius 1 is 1.33 bits per heavy atom. The van der Waals surface area contributed by atoms with Crippen LogP contribution >= 0.6 is 0 Å². The van der Waals surface area contributed by atoms with Gasteiger partial charge in [0.15, 0.2) is 0 Å². The van der Waals surface area contributed by atoms with Crippen LogP contribution in [0.1, 0.15) is 23.0 Å². The number of carboxylic acid groups (broad SMARTS) is 1. The van der Waals surface area contributed by atoms with Gasteiger partial charge in [-0.1, -0.05) is 18.2 Å². The normalized spacial score (nSPS) is 10.6. The minimum atomic E-state index is -1.03. The zero-order chi connectivity index (χ0) is 13.3. The van der Waals surface area contributed by atoms with Gasteiger partial charge in [-0.25, -0.2) is 9.47 Å². The average Bonchev–Trinajstić information content (AvgIpc) is 2.34. The smallest absolute Gasteiger partial charge is 0.338 e. The molecule has 0 spiro atoms. The van der Waals surface area contributed by atoms with E-state index in [9.17, 15) is 14.7 Å². The molecule has 5 heteroatoms. The Kier molecular flexibility index (Phi) is 3.06. The van der Waals surface area contributed by atoms with Gasteiger partial charge in [0, 0.05) is 17.3 Å². The molecule has 0 unspecified atom stereocenters. The molecule has 1 aromatic heterocycles. The van der Waals surface area contributed by atoms with Crippen molar-refractivity contribution in [2.75, 3.05) is 12.0 Å². The second kappa shape index (κ2) is 4.52. The number of aromatic carboxylic acids is 1. The number of hydrogen-bond acceptors (Lipinski definition) is 3. The van der Waals surface area contributed by atoms with E-state index in [0.29, 0.717) is 23.0 Å². The number of pyridine rings is 1. The number of hydrogen-bond donors (Lipinski definition) is 2. The lowest BCUT2D eigenvalue weighted by molar-refractivity contribution is 0.0697. The highest BCUT2D eigenvalue weighted by molar-refractivity contribution is 6.04. The van der Waals surface area contributed by atoms with Gasteiger partial charge in [-0.15, -0.1) is 0 Å². The second-order valence-corrected chi connectivity index (χ2v) is 3.96. The fourth-order valence-electron chi connectivity index (χ4n) is 2.09. The Bertz CT molecular complexity index is 674. The van der Waals surface area contributed by atoms with Gasteiger partial charge in [0.1, 0.15) is 0 Å². The van der Waals surface area contributed by atoms with Gasteiger partial charge in [0.05, 0.1) is 11.3 Å². The number of fused-ring (bicyclic) bond motifs is 1. The van der Waals surface area contributed by atoms with Gasteiger partial charge in [-0.05, 0) is 19.9 Å². The summed E-state index contributed by atoms with van der Waals surface area (Å²) in [5.41, 5.74) is 3.21. The van der Waals surface area contributed by atoms with Crippen molar-refractivity contribution in [1.82, 2.24) is 4.68 Å².